The van der Waals surface area contributed by atoms with Crippen LogP contribution in [0.5, 0.6) is 0 Å². The molecule has 0 radical (unpaired) electrons. The molecule has 8 nitrogen and oxygen atoms in total. The average Bonchev–Trinajstić information content (AvgIpc) is 3.18. The Kier molecular flexibility index (Phi) is 16.0. The zero-order valence-electron chi connectivity index (χ0n) is 18.6. The number of imidazole rings is 1. The van der Waals surface area contributed by atoms with Crippen LogP contribution in [0.2, 0.25) is 0 Å². The van der Waals surface area contributed by atoms with Crippen molar-refractivity contribution in [3.05, 3.63) is 18.7 Å². The van der Waals surface area contributed by atoms with Crippen LogP contribution in [0.15, 0.2) is 18.7 Å². The number of nitrogens with two attached hydrogens (primary N) is 4. The first kappa shape index (κ1) is 26.0. The zero-order chi connectivity index (χ0) is 21.2. The van der Waals surface area contributed by atoms with Crippen molar-refractivity contribution in [3.63, 3.8) is 0 Å². The quantitative estimate of drug-likeness (QED) is 0.216. The van der Waals surface area contributed by atoms with E-state index in [4.69, 9.17) is 22.9 Å². The minimum atomic E-state index is 0.757. The van der Waals surface area contributed by atoms with E-state index in [-0.39, 0.29) is 0 Å². The Morgan fingerprint density at radius 2 is 1.07 bits per heavy atom. The molecule has 0 bridgehead atoms. The van der Waals surface area contributed by atoms with E-state index >= 15 is 0 Å². The molecule has 0 saturated heterocycles. The summed E-state index contributed by atoms with van der Waals surface area (Å²) in [7, 11) is 0. The zero-order valence-corrected chi connectivity index (χ0v) is 18.6. The van der Waals surface area contributed by atoms with Gasteiger partial charge in [-0.1, -0.05) is 0 Å². The molecule has 0 unspecified atom stereocenters. The van der Waals surface area contributed by atoms with Crippen molar-refractivity contribution >= 4 is 0 Å². The minimum absolute atomic E-state index is 0.757. The van der Waals surface area contributed by atoms with Gasteiger partial charge in [-0.05, 0) is 90.9 Å². The molecule has 170 valence electrons. The Morgan fingerprint density at radius 3 is 1.55 bits per heavy atom. The van der Waals surface area contributed by atoms with E-state index in [1.807, 2.05) is 0 Å². The summed E-state index contributed by atoms with van der Waals surface area (Å²) in [5.74, 6) is 0. The van der Waals surface area contributed by atoms with Gasteiger partial charge in [0.1, 0.15) is 12.4 Å². The summed E-state index contributed by atoms with van der Waals surface area (Å²) in [6.07, 6.45) is 13.1. The lowest BCUT2D eigenvalue weighted by Gasteiger charge is -2.21. The molecule has 0 spiro atoms. The van der Waals surface area contributed by atoms with Crippen LogP contribution in [0.25, 0.3) is 0 Å². The molecule has 0 aromatic carbocycles. The third-order valence-electron chi connectivity index (χ3n) is 5.24. The van der Waals surface area contributed by atoms with E-state index in [2.05, 4.69) is 37.7 Å². The molecule has 0 aliphatic rings. The molecule has 0 fully saturated rings. The van der Waals surface area contributed by atoms with E-state index in [1.54, 1.807) is 0 Å². The Balaban J connectivity index is 2.30. The van der Waals surface area contributed by atoms with Gasteiger partial charge in [-0.25, -0.2) is 9.13 Å². The van der Waals surface area contributed by atoms with Crippen molar-refractivity contribution in [2.45, 2.75) is 51.6 Å². The van der Waals surface area contributed by atoms with Gasteiger partial charge in [0.2, 0.25) is 6.33 Å². The standard InChI is InChI=1S/C21H47N8/c22-7-1-11-26(12-2-8-23)15-5-17-28-19-20-29(21-28)18-6-16-27(13-3-9-24)14-4-10-25/h19-21H,1-18,22-25H2/q+1. The van der Waals surface area contributed by atoms with Crippen LogP contribution in [0.3, 0.4) is 0 Å². The minimum Gasteiger partial charge on any atom is -0.330 e. The fraction of sp³-hybridized carbons (Fsp3) is 0.857. The largest absolute Gasteiger partial charge is 0.330 e. The molecule has 8 N–H and O–H groups in total. The first-order chi connectivity index (χ1) is 14.2. The summed E-state index contributed by atoms with van der Waals surface area (Å²) in [6.45, 7) is 11.6. The van der Waals surface area contributed by atoms with E-state index in [0.29, 0.717) is 0 Å². The molecule has 1 heterocycles. The van der Waals surface area contributed by atoms with Gasteiger partial charge < -0.3 is 32.7 Å². The molecule has 29 heavy (non-hydrogen) atoms. The summed E-state index contributed by atoms with van der Waals surface area (Å²) >= 11 is 0. The predicted molar refractivity (Wildman–Crippen MR) is 121 cm³/mol. The van der Waals surface area contributed by atoms with E-state index in [9.17, 15) is 0 Å². The summed E-state index contributed by atoms with van der Waals surface area (Å²) in [6, 6.07) is 0. The molecule has 0 amide bonds. The van der Waals surface area contributed by atoms with Gasteiger partial charge >= 0.3 is 0 Å². The number of rotatable bonds is 20. The highest BCUT2D eigenvalue weighted by molar-refractivity contribution is 4.68. The third-order valence-corrected chi connectivity index (χ3v) is 5.24. The highest BCUT2D eigenvalue weighted by Crippen LogP contribution is 1.99. The van der Waals surface area contributed by atoms with Crippen LogP contribution in [0.4, 0.5) is 0 Å². The molecule has 0 aliphatic heterocycles. The van der Waals surface area contributed by atoms with Crippen LogP contribution in [-0.4, -0.2) is 79.8 Å². The molecule has 0 saturated carbocycles. The van der Waals surface area contributed by atoms with Crippen molar-refractivity contribution < 1.29 is 4.57 Å². The lowest BCUT2D eigenvalue weighted by atomic mass is 10.3. The van der Waals surface area contributed by atoms with Crippen LogP contribution in [0, 0.1) is 0 Å². The van der Waals surface area contributed by atoms with Gasteiger partial charge in [0.05, 0.1) is 13.1 Å². The number of aromatic nitrogens is 2. The average molecular weight is 412 g/mol. The first-order valence-corrected chi connectivity index (χ1v) is 11.5. The van der Waals surface area contributed by atoms with E-state index in [1.165, 1.54) is 0 Å². The summed E-state index contributed by atoms with van der Waals surface area (Å²) in [5.41, 5.74) is 22.6. The molecule has 1 aromatic heterocycles. The second-order valence-corrected chi connectivity index (χ2v) is 7.85. The monoisotopic (exact) mass is 411 g/mol. The normalized spacial score (nSPS) is 11.8. The van der Waals surface area contributed by atoms with Crippen LogP contribution in [-0.2, 0) is 13.1 Å². The molecule has 1 aromatic rings. The number of nitrogens with zero attached hydrogens (tertiary/aromatic N) is 4. The molecular formula is C21H47N8+. The van der Waals surface area contributed by atoms with Crippen LogP contribution < -0.4 is 27.5 Å². The fourth-order valence-corrected chi connectivity index (χ4v) is 3.59. The highest BCUT2D eigenvalue weighted by atomic mass is 15.1. The predicted octanol–water partition coefficient (Wildman–Crippen LogP) is -0.445. The lowest BCUT2D eigenvalue weighted by Crippen LogP contribution is -2.35. The van der Waals surface area contributed by atoms with Gasteiger partial charge in [0.15, 0.2) is 0 Å². The molecule has 0 atom stereocenters. The second kappa shape index (κ2) is 17.8. The maximum atomic E-state index is 5.66. The smallest absolute Gasteiger partial charge is 0.243 e. The molecule has 1 rings (SSSR count). The molecule has 8 heteroatoms. The van der Waals surface area contributed by atoms with Crippen molar-refractivity contribution in [1.82, 2.24) is 14.4 Å². The summed E-state index contributed by atoms with van der Waals surface area (Å²) in [5, 5.41) is 0. The van der Waals surface area contributed by atoms with Gasteiger partial charge in [-0.15, -0.1) is 0 Å². The number of hydrogen-bond donors (Lipinski definition) is 4. The van der Waals surface area contributed by atoms with E-state index < -0.39 is 0 Å². The number of aryl methyl sites for hydroxylation is 2. The molecular weight excluding hydrogens is 364 g/mol. The van der Waals surface area contributed by atoms with Crippen molar-refractivity contribution in [3.8, 4) is 0 Å². The third kappa shape index (κ3) is 13.0. The van der Waals surface area contributed by atoms with Crippen LogP contribution in [0.1, 0.15) is 38.5 Å². The van der Waals surface area contributed by atoms with Gasteiger partial charge in [-0.2, -0.15) is 0 Å². The Labute approximate surface area is 178 Å². The topological polar surface area (TPSA) is 119 Å². The Morgan fingerprint density at radius 1 is 0.621 bits per heavy atom. The highest BCUT2D eigenvalue weighted by Gasteiger charge is 2.09. The maximum absolute atomic E-state index is 5.66. The molecule has 0 aliphatic carbocycles. The van der Waals surface area contributed by atoms with Crippen molar-refractivity contribution in [2.75, 3.05) is 65.4 Å². The van der Waals surface area contributed by atoms with Crippen LogP contribution >= 0.6 is 0 Å². The SMILES string of the molecule is NCCCN(CCCN)CCCn1cc[n+](CCCN(CCCN)CCCN)c1. The first-order valence-electron chi connectivity index (χ1n) is 11.5. The van der Waals surface area contributed by atoms with Gasteiger partial charge in [-0.3, -0.25) is 0 Å². The fourth-order valence-electron chi connectivity index (χ4n) is 3.59. The Bertz CT molecular complexity index is 423. The maximum Gasteiger partial charge on any atom is 0.243 e. The summed E-state index contributed by atoms with van der Waals surface area (Å²) < 4.78 is 4.59. The second-order valence-electron chi connectivity index (χ2n) is 7.85. The van der Waals surface area contributed by atoms with Gasteiger partial charge in [0, 0.05) is 13.1 Å². The van der Waals surface area contributed by atoms with E-state index in [0.717, 1.165) is 117 Å². The Hall–Kier alpha value is -1.03. The van der Waals surface area contributed by atoms with Crippen molar-refractivity contribution in [2.24, 2.45) is 22.9 Å². The van der Waals surface area contributed by atoms with Gasteiger partial charge in [0.25, 0.3) is 0 Å². The summed E-state index contributed by atoms with van der Waals surface area (Å²) in [4.78, 5) is 4.99. The lowest BCUT2D eigenvalue weighted by molar-refractivity contribution is -0.696. The van der Waals surface area contributed by atoms with Crippen molar-refractivity contribution in [1.29, 1.82) is 0 Å². The number of hydrogen-bond acceptors (Lipinski definition) is 6.